The van der Waals surface area contributed by atoms with Crippen LogP contribution in [0, 0.1) is 0 Å². The van der Waals surface area contributed by atoms with Crippen molar-refractivity contribution in [3.63, 3.8) is 0 Å². The largest absolute Gasteiger partial charge is 0.454 e. The number of rotatable bonds is 7. The highest BCUT2D eigenvalue weighted by atomic mass is 35.5. The van der Waals surface area contributed by atoms with Gasteiger partial charge in [0.2, 0.25) is 0 Å². The fourth-order valence-corrected chi connectivity index (χ4v) is 3.84. The molecule has 0 unspecified atom stereocenters. The van der Waals surface area contributed by atoms with Crippen molar-refractivity contribution in [1.82, 2.24) is 4.90 Å². The third-order valence-corrected chi connectivity index (χ3v) is 5.67. The number of hydrogen-bond donors (Lipinski definition) is 1. The van der Waals surface area contributed by atoms with E-state index in [1.165, 1.54) is 37.3 Å². The molecule has 9 heteroatoms. The van der Waals surface area contributed by atoms with Crippen LogP contribution in [0.3, 0.4) is 0 Å². The number of nitrogens with one attached hydrogen (secondary N) is 1. The third kappa shape index (κ3) is 4.83. The molecule has 1 heterocycles. The Morgan fingerprint density at radius 1 is 0.914 bits per heavy atom. The summed E-state index contributed by atoms with van der Waals surface area (Å²) in [5, 5.41) is 2.85. The summed E-state index contributed by atoms with van der Waals surface area (Å²) < 4.78 is 5.05. The number of imide groups is 1. The van der Waals surface area contributed by atoms with Crippen molar-refractivity contribution in [2.75, 3.05) is 11.9 Å². The van der Waals surface area contributed by atoms with Crippen LogP contribution < -0.4 is 5.32 Å². The number of carbonyl (C=O) groups is 5. The van der Waals surface area contributed by atoms with Crippen LogP contribution in [0.5, 0.6) is 0 Å². The van der Waals surface area contributed by atoms with E-state index in [-0.39, 0.29) is 28.2 Å². The van der Waals surface area contributed by atoms with Crippen molar-refractivity contribution in [2.45, 2.75) is 13.0 Å². The van der Waals surface area contributed by atoms with Gasteiger partial charge in [-0.15, -0.1) is 0 Å². The minimum atomic E-state index is -1.24. The number of ketones is 1. The Labute approximate surface area is 205 Å². The number of hydrogen-bond acceptors (Lipinski definition) is 6. The number of esters is 1. The van der Waals surface area contributed by atoms with Gasteiger partial charge in [0.25, 0.3) is 17.7 Å². The molecule has 4 rings (SSSR count). The molecule has 0 saturated carbocycles. The van der Waals surface area contributed by atoms with Gasteiger partial charge in [-0.3, -0.25) is 24.1 Å². The molecule has 1 aliphatic rings. The zero-order valence-electron chi connectivity index (χ0n) is 18.5. The first-order valence-corrected chi connectivity index (χ1v) is 11.0. The maximum absolute atomic E-state index is 12.9. The van der Waals surface area contributed by atoms with Gasteiger partial charge in [-0.05, 0) is 37.3 Å². The van der Waals surface area contributed by atoms with Crippen LogP contribution in [0.2, 0.25) is 5.02 Å². The Kier molecular flexibility index (Phi) is 6.75. The molecule has 1 atom stereocenters. The number of anilines is 1. The van der Waals surface area contributed by atoms with Crippen molar-refractivity contribution >= 4 is 46.8 Å². The predicted octanol–water partition coefficient (Wildman–Crippen LogP) is 3.74. The van der Waals surface area contributed by atoms with Crippen LogP contribution in [-0.2, 0) is 14.3 Å². The first kappa shape index (κ1) is 23.8. The van der Waals surface area contributed by atoms with Crippen LogP contribution in [0.15, 0.2) is 72.8 Å². The van der Waals surface area contributed by atoms with Crippen LogP contribution in [0.4, 0.5) is 5.69 Å². The van der Waals surface area contributed by atoms with Crippen LogP contribution >= 0.6 is 11.6 Å². The SMILES string of the molecule is C[C@H](C(=O)OCC(=O)Nc1ccc(Cl)cc1C(=O)c1ccccc1)N1C(=O)c2ccccc2C1=O. The third-order valence-electron chi connectivity index (χ3n) is 5.44. The molecule has 0 saturated heterocycles. The Bertz CT molecular complexity index is 1320. The summed E-state index contributed by atoms with van der Waals surface area (Å²) in [6, 6.07) is 17.9. The lowest BCUT2D eigenvalue weighted by atomic mass is 10.0. The second-order valence-electron chi connectivity index (χ2n) is 7.74. The average Bonchev–Trinajstić information content (AvgIpc) is 3.13. The Morgan fingerprint density at radius 2 is 1.51 bits per heavy atom. The summed E-state index contributed by atoms with van der Waals surface area (Å²) in [6.45, 7) is 0.658. The van der Waals surface area contributed by atoms with E-state index in [9.17, 15) is 24.0 Å². The molecule has 3 amide bonds. The predicted molar refractivity (Wildman–Crippen MR) is 127 cm³/mol. The fourth-order valence-electron chi connectivity index (χ4n) is 3.67. The highest BCUT2D eigenvalue weighted by molar-refractivity contribution is 6.31. The minimum absolute atomic E-state index is 0.169. The summed E-state index contributed by atoms with van der Waals surface area (Å²) >= 11 is 6.05. The van der Waals surface area contributed by atoms with Crippen molar-refractivity contribution in [1.29, 1.82) is 0 Å². The van der Waals surface area contributed by atoms with Crippen molar-refractivity contribution in [2.24, 2.45) is 0 Å². The molecule has 0 aromatic heterocycles. The van der Waals surface area contributed by atoms with Crippen LogP contribution in [0.25, 0.3) is 0 Å². The van der Waals surface area contributed by atoms with Gasteiger partial charge in [-0.1, -0.05) is 54.1 Å². The Balaban J connectivity index is 1.41. The quantitative estimate of drug-likeness (QED) is 0.307. The highest BCUT2D eigenvalue weighted by Gasteiger charge is 2.41. The smallest absolute Gasteiger partial charge is 0.329 e. The van der Waals surface area contributed by atoms with E-state index in [0.29, 0.717) is 10.6 Å². The second kappa shape index (κ2) is 9.90. The van der Waals surface area contributed by atoms with E-state index in [0.717, 1.165) is 4.90 Å². The molecule has 8 nitrogen and oxygen atoms in total. The molecular formula is C26H19ClN2O6. The van der Waals surface area contributed by atoms with Crippen LogP contribution in [0.1, 0.15) is 43.6 Å². The van der Waals surface area contributed by atoms with Crippen molar-refractivity contribution in [3.8, 4) is 0 Å². The fraction of sp³-hybridized carbons (Fsp3) is 0.115. The molecule has 0 aliphatic carbocycles. The first-order valence-electron chi connectivity index (χ1n) is 10.6. The molecule has 1 N–H and O–H groups in total. The lowest BCUT2D eigenvalue weighted by Gasteiger charge is -2.20. The normalized spacial score (nSPS) is 13.3. The van der Waals surface area contributed by atoms with Gasteiger partial charge in [0, 0.05) is 16.1 Å². The summed E-state index contributed by atoms with van der Waals surface area (Å²) in [5.74, 6) is -3.20. The number of carbonyl (C=O) groups excluding carboxylic acids is 5. The van der Waals surface area contributed by atoms with Crippen molar-refractivity contribution < 1.29 is 28.7 Å². The zero-order chi connectivity index (χ0) is 25.1. The number of nitrogens with zero attached hydrogens (tertiary/aromatic N) is 1. The van der Waals surface area contributed by atoms with E-state index in [4.69, 9.17) is 16.3 Å². The molecular weight excluding hydrogens is 472 g/mol. The van der Waals surface area contributed by atoms with E-state index >= 15 is 0 Å². The highest BCUT2D eigenvalue weighted by Crippen LogP contribution is 2.25. The summed E-state index contributed by atoms with van der Waals surface area (Å²) in [5.41, 5.74) is 1.17. The van der Waals surface area contributed by atoms with Gasteiger partial charge in [-0.25, -0.2) is 4.79 Å². The van der Waals surface area contributed by atoms with E-state index in [2.05, 4.69) is 5.32 Å². The number of fused-ring (bicyclic) bond motifs is 1. The molecule has 3 aromatic rings. The first-order chi connectivity index (χ1) is 16.8. The van der Waals surface area contributed by atoms with Crippen molar-refractivity contribution in [3.05, 3.63) is 100 Å². The Hall–Kier alpha value is -4.30. The molecule has 35 heavy (non-hydrogen) atoms. The monoisotopic (exact) mass is 490 g/mol. The second-order valence-corrected chi connectivity index (χ2v) is 8.18. The summed E-state index contributed by atoms with van der Waals surface area (Å²) in [6.07, 6.45) is 0. The van der Waals surface area contributed by atoms with Gasteiger partial charge in [-0.2, -0.15) is 0 Å². The molecule has 0 radical (unpaired) electrons. The van der Waals surface area contributed by atoms with E-state index < -0.39 is 36.3 Å². The van der Waals surface area contributed by atoms with Gasteiger partial charge in [0.05, 0.1) is 16.8 Å². The molecule has 0 spiro atoms. The topological polar surface area (TPSA) is 110 Å². The van der Waals surface area contributed by atoms with Gasteiger partial charge < -0.3 is 10.1 Å². The maximum atomic E-state index is 12.9. The van der Waals surface area contributed by atoms with E-state index in [1.807, 2.05) is 0 Å². The summed E-state index contributed by atoms with van der Waals surface area (Å²) in [7, 11) is 0. The number of ether oxygens (including phenoxy) is 1. The maximum Gasteiger partial charge on any atom is 0.329 e. The average molecular weight is 491 g/mol. The lowest BCUT2D eigenvalue weighted by Crippen LogP contribution is -2.44. The molecule has 1 aliphatic heterocycles. The number of halogens is 1. The Morgan fingerprint density at radius 3 is 2.14 bits per heavy atom. The minimum Gasteiger partial charge on any atom is -0.454 e. The molecule has 0 fully saturated rings. The molecule has 3 aromatic carbocycles. The van der Waals surface area contributed by atoms with Gasteiger partial charge in [0.15, 0.2) is 12.4 Å². The molecule has 0 bridgehead atoms. The number of benzene rings is 3. The standard InChI is InChI=1S/C26H19ClN2O6/c1-15(29-24(32)18-9-5-6-10-19(18)25(29)33)26(34)35-14-22(30)28-21-12-11-17(27)13-20(21)23(31)16-7-3-2-4-8-16/h2-13,15H,14H2,1H3,(H,28,30)/t15-/m1/s1. The lowest BCUT2D eigenvalue weighted by molar-refractivity contribution is -0.150. The van der Waals surface area contributed by atoms with Gasteiger partial charge >= 0.3 is 5.97 Å². The van der Waals surface area contributed by atoms with E-state index in [1.54, 1.807) is 42.5 Å². The van der Waals surface area contributed by atoms with Gasteiger partial charge in [0.1, 0.15) is 6.04 Å². The zero-order valence-corrected chi connectivity index (χ0v) is 19.2. The summed E-state index contributed by atoms with van der Waals surface area (Å²) in [4.78, 5) is 63.8. The molecule has 176 valence electrons. The van der Waals surface area contributed by atoms with Crippen LogP contribution in [-0.4, -0.2) is 47.0 Å². The number of amides is 3.